The first kappa shape index (κ1) is 22.8. The number of nitrogens with zero attached hydrogens (tertiary/aromatic N) is 4. The van der Waals surface area contributed by atoms with Crippen LogP contribution in [0.15, 0.2) is 41.4 Å². The summed E-state index contributed by atoms with van der Waals surface area (Å²) in [5, 5.41) is 20.7. The molecular formula is C24H28N6O2. The predicted octanol–water partition coefficient (Wildman–Crippen LogP) is 4.81. The summed E-state index contributed by atoms with van der Waals surface area (Å²) in [7, 11) is 0. The molecule has 0 radical (unpaired) electrons. The first-order valence-electron chi connectivity index (χ1n) is 10.3. The Morgan fingerprint density at radius 2 is 1.97 bits per heavy atom. The topological polar surface area (TPSA) is 123 Å². The van der Waals surface area contributed by atoms with E-state index >= 15 is 0 Å². The van der Waals surface area contributed by atoms with E-state index in [1.165, 1.54) is 0 Å². The lowest BCUT2D eigenvalue weighted by Crippen LogP contribution is -2.12. The van der Waals surface area contributed by atoms with Crippen molar-refractivity contribution >= 4 is 23.2 Å². The Hall–Kier alpha value is -3.86. The second-order valence-corrected chi connectivity index (χ2v) is 9.19. The van der Waals surface area contributed by atoms with Crippen LogP contribution >= 0.6 is 0 Å². The fraction of sp³-hybridized carbons (Fsp3) is 0.333. The van der Waals surface area contributed by atoms with E-state index in [0.29, 0.717) is 22.6 Å². The number of hydrogen-bond donors (Lipinski definition) is 2. The molecule has 0 aliphatic rings. The number of aromatic nitrogens is 3. The largest absolute Gasteiger partial charge is 0.383 e. The second kappa shape index (κ2) is 8.71. The quantitative estimate of drug-likeness (QED) is 0.539. The van der Waals surface area contributed by atoms with E-state index in [1.54, 1.807) is 35.0 Å². The number of nitrogens with one attached hydrogen (secondary N) is 1. The summed E-state index contributed by atoms with van der Waals surface area (Å²) in [6.45, 7) is 14.1. The van der Waals surface area contributed by atoms with Gasteiger partial charge in [0, 0.05) is 23.2 Å². The molecule has 0 aliphatic heterocycles. The van der Waals surface area contributed by atoms with Gasteiger partial charge in [-0.2, -0.15) is 10.4 Å². The maximum absolute atomic E-state index is 12.6. The van der Waals surface area contributed by atoms with Crippen molar-refractivity contribution in [3.8, 4) is 17.3 Å². The molecule has 32 heavy (non-hydrogen) atoms. The van der Waals surface area contributed by atoms with Crippen LogP contribution in [0.1, 0.15) is 57.5 Å². The van der Waals surface area contributed by atoms with Crippen LogP contribution in [-0.2, 0) is 11.2 Å². The molecule has 0 spiro atoms. The van der Waals surface area contributed by atoms with Gasteiger partial charge >= 0.3 is 0 Å². The van der Waals surface area contributed by atoms with Gasteiger partial charge in [-0.3, -0.25) is 10.1 Å². The summed E-state index contributed by atoms with van der Waals surface area (Å²) in [5.74, 6) is 0.228. The highest BCUT2D eigenvalue weighted by Crippen LogP contribution is 2.29. The molecule has 8 heteroatoms. The molecule has 3 rings (SSSR count). The number of carbonyl (C=O) groups is 1. The van der Waals surface area contributed by atoms with Gasteiger partial charge in [0.15, 0.2) is 0 Å². The molecule has 3 aromatic rings. The van der Waals surface area contributed by atoms with Crippen LogP contribution < -0.4 is 11.1 Å². The average Bonchev–Trinajstić information content (AvgIpc) is 3.29. The molecule has 2 aromatic heterocycles. The minimum absolute atomic E-state index is 0.0265. The third-order valence-electron chi connectivity index (χ3n) is 4.84. The van der Waals surface area contributed by atoms with Gasteiger partial charge in [-0.1, -0.05) is 56.8 Å². The van der Waals surface area contributed by atoms with E-state index in [9.17, 15) is 10.1 Å². The molecule has 166 valence electrons. The minimum Gasteiger partial charge on any atom is -0.383 e. The molecule has 2 heterocycles. The summed E-state index contributed by atoms with van der Waals surface area (Å²) < 4.78 is 6.85. The zero-order valence-electron chi connectivity index (χ0n) is 19.1. The third kappa shape index (κ3) is 4.89. The second-order valence-electron chi connectivity index (χ2n) is 9.19. The van der Waals surface area contributed by atoms with Crippen molar-refractivity contribution in [2.75, 3.05) is 11.1 Å². The maximum Gasteiger partial charge on any atom is 0.258 e. The van der Waals surface area contributed by atoms with Crippen LogP contribution in [0.25, 0.3) is 16.8 Å². The molecule has 8 nitrogen and oxygen atoms in total. The molecule has 0 unspecified atom stereocenters. The molecule has 0 fully saturated rings. The van der Waals surface area contributed by atoms with Crippen molar-refractivity contribution in [1.82, 2.24) is 14.9 Å². The Morgan fingerprint density at radius 1 is 1.31 bits per heavy atom. The van der Waals surface area contributed by atoms with Gasteiger partial charge in [0.1, 0.15) is 23.1 Å². The minimum atomic E-state index is -0.387. The van der Waals surface area contributed by atoms with Crippen LogP contribution in [0.4, 0.5) is 11.7 Å². The molecule has 3 N–H and O–H groups in total. The summed E-state index contributed by atoms with van der Waals surface area (Å²) in [5.41, 5.74) is 9.39. The smallest absolute Gasteiger partial charge is 0.258 e. The van der Waals surface area contributed by atoms with Gasteiger partial charge in [-0.25, -0.2) is 4.68 Å². The molecular weight excluding hydrogens is 404 g/mol. The highest BCUT2D eigenvalue weighted by molar-refractivity contribution is 6.24. The zero-order chi connectivity index (χ0) is 23.6. The summed E-state index contributed by atoms with van der Waals surface area (Å²) in [6, 6.07) is 11.0. The van der Waals surface area contributed by atoms with E-state index in [-0.39, 0.29) is 28.8 Å². The highest BCUT2D eigenvalue weighted by atomic mass is 16.5. The van der Waals surface area contributed by atoms with Crippen LogP contribution in [0, 0.1) is 16.7 Å². The number of benzene rings is 1. The number of nitrogens with two attached hydrogens (primary N) is 1. The van der Waals surface area contributed by atoms with Gasteiger partial charge < -0.3 is 10.3 Å². The molecule has 0 saturated heterocycles. The van der Waals surface area contributed by atoms with Crippen LogP contribution in [0.5, 0.6) is 0 Å². The maximum atomic E-state index is 12.6. The Kier molecular flexibility index (Phi) is 6.21. The van der Waals surface area contributed by atoms with Crippen molar-refractivity contribution in [2.24, 2.45) is 5.41 Å². The Labute approximate surface area is 187 Å². The number of carbonyl (C=O) groups excluding carboxylic acids is 1. The summed E-state index contributed by atoms with van der Waals surface area (Å²) >= 11 is 0. The third-order valence-corrected chi connectivity index (χ3v) is 4.84. The van der Waals surface area contributed by atoms with Crippen molar-refractivity contribution in [2.45, 2.75) is 47.1 Å². The first-order valence-corrected chi connectivity index (χ1v) is 10.3. The van der Waals surface area contributed by atoms with Crippen molar-refractivity contribution in [3.05, 3.63) is 53.7 Å². The molecule has 1 aromatic carbocycles. The lowest BCUT2D eigenvalue weighted by molar-refractivity contribution is -0.111. The van der Waals surface area contributed by atoms with E-state index in [1.807, 2.05) is 13.8 Å². The lowest BCUT2D eigenvalue weighted by atomic mass is 9.91. The highest BCUT2D eigenvalue weighted by Gasteiger charge is 2.20. The monoisotopic (exact) mass is 432 g/mol. The number of amides is 1. The standard InChI is InChI=1S/C24H28N6O2/c1-14(2)30-22(26)19(13-25)21(28-30)17-9-7-16(8-10-17)15(3)23(31)27-20-11-18(29-32-20)12-24(4,5)6/h7-11,14H,3,12,26H2,1-2,4-6H3,(H,27,31). The fourth-order valence-corrected chi connectivity index (χ4v) is 3.30. The molecule has 0 bridgehead atoms. The number of rotatable bonds is 6. The normalized spacial score (nSPS) is 11.4. The average molecular weight is 433 g/mol. The van der Waals surface area contributed by atoms with Crippen molar-refractivity contribution in [1.29, 1.82) is 5.26 Å². The summed E-state index contributed by atoms with van der Waals surface area (Å²) in [4.78, 5) is 12.6. The Bertz CT molecular complexity index is 1190. The van der Waals surface area contributed by atoms with Gasteiger partial charge in [0.05, 0.1) is 5.69 Å². The van der Waals surface area contributed by atoms with E-state index in [2.05, 4.69) is 49.0 Å². The van der Waals surface area contributed by atoms with Gasteiger partial charge in [0.2, 0.25) is 5.88 Å². The van der Waals surface area contributed by atoms with Gasteiger partial charge in [-0.05, 0) is 31.2 Å². The molecule has 0 saturated carbocycles. The van der Waals surface area contributed by atoms with Gasteiger partial charge in [-0.15, -0.1) is 0 Å². The number of nitrogen functional groups attached to an aromatic ring is 1. The Balaban J connectivity index is 1.75. The van der Waals surface area contributed by atoms with Crippen molar-refractivity contribution < 1.29 is 9.32 Å². The van der Waals surface area contributed by atoms with E-state index in [0.717, 1.165) is 17.7 Å². The fourth-order valence-electron chi connectivity index (χ4n) is 3.30. The number of nitriles is 1. The van der Waals surface area contributed by atoms with E-state index < -0.39 is 0 Å². The van der Waals surface area contributed by atoms with Crippen molar-refractivity contribution in [3.63, 3.8) is 0 Å². The zero-order valence-corrected chi connectivity index (χ0v) is 19.1. The number of anilines is 2. The van der Waals surface area contributed by atoms with Crippen LogP contribution in [0.2, 0.25) is 0 Å². The number of hydrogen-bond acceptors (Lipinski definition) is 6. The molecule has 0 aliphatic carbocycles. The SMILES string of the molecule is C=C(C(=O)Nc1cc(CC(C)(C)C)no1)c1ccc(-c2nn(C(C)C)c(N)c2C#N)cc1. The van der Waals surface area contributed by atoms with Crippen LogP contribution in [0.3, 0.4) is 0 Å². The first-order chi connectivity index (χ1) is 15.0. The van der Waals surface area contributed by atoms with Crippen LogP contribution in [-0.4, -0.2) is 20.8 Å². The predicted molar refractivity (Wildman–Crippen MR) is 125 cm³/mol. The molecule has 1 amide bonds. The Morgan fingerprint density at radius 3 is 2.53 bits per heavy atom. The lowest BCUT2D eigenvalue weighted by Gasteiger charge is -2.14. The van der Waals surface area contributed by atoms with Gasteiger partial charge in [0.25, 0.3) is 5.91 Å². The summed E-state index contributed by atoms with van der Waals surface area (Å²) in [6.07, 6.45) is 0.733. The van der Waals surface area contributed by atoms with E-state index in [4.69, 9.17) is 10.3 Å². The molecule has 0 atom stereocenters.